The summed E-state index contributed by atoms with van der Waals surface area (Å²) in [6.07, 6.45) is 12.9. The predicted molar refractivity (Wildman–Crippen MR) is 74.6 cm³/mol. The Morgan fingerprint density at radius 2 is 1.00 bits per heavy atom. The van der Waals surface area contributed by atoms with Crippen LogP contribution in [0.25, 0.3) is 0 Å². The van der Waals surface area contributed by atoms with Gasteiger partial charge in [-0.25, -0.2) is 0 Å². The molecule has 0 aromatic heterocycles. The first-order valence-corrected chi connectivity index (χ1v) is 8.05. The Morgan fingerprint density at radius 1 is 0.667 bits per heavy atom. The van der Waals surface area contributed by atoms with Crippen molar-refractivity contribution >= 4 is 47.8 Å². The average Bonchev–Trinajstić information content (AvgIpc) is 2.80. The Balaban J connectivity index is 0.000000280. The molecule has 0 aromatic carbocycles. The molecule has 93 valence electrons. The van der Waals surface area contributed by atoms with Crippen LogP contribution in [0.5, 0.6) is 0 Å². The molecule has 0 saturated heterocycles. The second-order valence-electron chi connectivity index (χ2n) is 4.29. The molecule has 0 amide bonds. The van der Waals surface area contributed by atoms with Crippen LogP contribution in [-0.2, 0) is 16.8 Å². The summed E-state index contributed by atoms with van der Waals surface area (Å²) in [6.45, 7) is 0. The molecule has 0 N–H and O–H groups in total. The van der Waals surface area contributed by atoms with E-state index < -0.39 is 0 Å². The smallest absolute Gasteiger partial charge is 0.0596 e. The molecule has 2 rings (SSSR count). The maximum atomic E-state index is 3.54. The third-order valence-corrected chi connectivity index (χ3v) is 5.01. The van der Waals surface area contributed by atoms with Gasteiger partial charge in [-0.1, -0.05) is 92.7 Å². The summed E-state index contributed by atoms with van der Waals surface area (Å²) in [5.74, 6) is 0.762. The van der Waals surface area contributed by atoms with E-state index in [1.54, 1.807) is 0 Å². The summed E-state index contributed by atoms with van der Waals surface area (Å²) in [7, 11) is 0. The summed E-state index contributed by atoms with van der Waals surface area (Å²) in [4.78, 5) is 0. The van der Waals surface area contributed by atoms with E-state index in [1.807, 2.05) is 0 Å². The van der Waals surface area contributed by atoms with Crippen molar-refractivity contribution in [3.8, 4) is 0 Å². The van der Waals surface area contributed by atoms with Crippen molar-refractivity contribution in [3.05, 3.63) is 0 Å². The van der Waals surface area contributed by atoms with E-state index in [-0.39, 0.29) is 18.9 Å². The van der Waals surface area contributed by atoms with Gasteiger partial charge in [0.1, 0.15) is 2.14 Å². The summed E-state index contributed by atoms with van der Waals surface area (Å²) in [5, 5.41) is 0. The van der Waals surface area contributed by atoms with Gasteiger partial charge in [0.05, 0.1) is 0 Å². The molecule has 0 heterocycles. The van der Waals surface area contributed by atoms with Crippen LogP contribution in [-0.4, -0.2) is 2.14 Å². The second kappa shape index (κ2) is 8.95. The van der Waals surface area contributed by atoms with Crippen molar-refractivity contribution in [2.45, 2.75) is 59.9 Å². The van der Waals surface area contributed by atoms with Gasteiger partial charge in [0.25, 0.3) is 0 Å². The molecule has 0 atom stereocenters. The van der Waals surface area contributed by atoms with Gasteiger partial charge in [0, 0.05) is 16.8 Å². The molecule has 4 heteroatoms. The Bertz CT molecular complexity index is 139. The maximum Gasteiger partial charge on any atom is 0.137 e. The molecule has 2 fully saturated rings. The maximum absolute atomic E-state index is 3.54. The average molecular weight is 450 g/mol. The van der Waals surface area contributed by atoms with Crippen LogP contribution in [0.4, 0.5) is 0 Å². The van der Waals surface area contributed by atoms with Crippen LogP contribution >= 0.6 is 47.8 Å². The second-order valence-corrected chi connectivity index (χ2v) is 11.2. The molecule has 1 radical (unpaired) electrons. The molecular formula is C11H19Br3Co. The Kier molecular flexibility index (Phi) is 10.1. The molecule has 0 aromatic rings. The molecule has 0 nitrogen and oxygen atoms in total. The minimum Gasteiger partial charge on any atom is -0.0596 e. The minimum atomic E-state index is 0. The standard InChI is InChI=1S/C6H9Br3.C5H10.Co/c7-6(8,9)5-3-1-2-4-5;1-2-4-5-3-1;/h5H,1-4H2;1-5H2;. The van der Waals surface area contributed by atoms with Gasteiger partial charge in [-0.3, -0.25) is 0 Å². The zero-order valence-corrected chi connectivity index (χ0v) is 14.7. The Labute approximate surface area is 129 Å². The van der Waals surface area contributed by atoms with Crippen LogP contribution in [0, 0.1) is 5.92 Å². The number of halogens is 3. The molecule has 0 unspecified atom stereocenters. The van der Waals surface area contributed by atoms with Crippen molar-refractivity contribution < 1.29 is 16.8 Å². The summed E-state index contributed by atoms with van der Waals surface area (Å²) >= 11 is 10.6. The predicted octanol–water partition coefficient (Wildman–Crippen LogP) is 5.96. The third kappa shape index (κ3) is 7.80. The van der Waals surface area contributed by atoms with Gasteiger partial charge in [-0.05, 0) is 18.8 Å². The van der Waals surface area contributed by atoms with E-state index in [0.717, 1.165) is 5.92 Å². The van der Waals surface area contributed by atoms with Crippen molar-refractivity contribution in [2.75, 3.05) is 0 Å². The molecule has 2 saturated carbocycles. The van der Waals surface area contributed by atoms with Gasteiger partial charge in [-0.15, -0.1) is 0 Å². The van der Waals surface area contributed by atoms with Crippen LogP contribution in [0.15, 0.2) is 0 Å². The molecule has 15 heavy (non-hydrogen) atoms. The minimum absolute atomic E-state index is 0. The number of alkyl halides is 3. The molecule has 0 spiro atoms. The summed E-state index contributed by atoms with van der Waals surface area (Å²) in [5.41, 5.74) is 0. The topological polar surface area (TPSA) is 0 Å². The summed E-state index contributed by atoms with van der Waals surface area (Å²) in [6, 6.07) is 0. The fourth-order valence-electron chi connectivity index (χ4n) is 2.14. The van der Waals surface area contributed by atoms with E-state index in [9.17, 15) is 0 Å². The monoisotopic (exact) mass is 447 g/mol. The quantitative estimate of drug-likeness (QED) is 0.400. The number of hydrogen-bond donors (Lipinski definition) is 0. The van der Waals surface area contributed by atoms with Crippen LogP contribution in [0.2, 0.25) is 0 Å². The SMILES string of the molecule is BrC(Br)(Br)C1CCCC1.C1CCCC1.[Co]. The van der Waals surface area contributed by atoms with E-state index >= 15 is 0 Å². The van der Waals surface area contributed by atoms with E-state index in [1.165, 1.54) is 57.8 Å². The fourth-order valence-corrected chi connectivity index (χ4v) is 3.51. The number of rotatable bonds is 0. The summed E-state index contributed by atoms with van der Waals surface area (Å²) < 4.78 is 0.0174. The van der Waals surface area contributed by atoms with Crippen molar-refractivity contribution in [3.63, 3.8) is 0 Å². The fraction of sp³-hybridized carbons (Fsp3) is 1.00. The third-order valence-electron chi connectivity index (χ3n) is 3.07. The van der Waals surface area contributed by atoms with E-state index in [4.69, 9.17) is 0 Å². The van der Waals surface area contributed by atoms with Gasteiger partial charge in [-0.2, -0.15) is 0 Å². The van der Waals surface area contributed by atoms with Crippen LogP contribution in [0.1, 0.15) is 57.8 Å². The Hall–Kier alpha value is 1.95. The first kappa shape index (κ1) is 16.9. The van der Waals surface area contributed by atoms with Crippen molar-refractivity contribution in [2.24, 2.45) is 5.92 Å². The zero-order valence-electron chi connectivity index (χ0n) is 8.91. The van der Waals surface area contributed by atoms with E-state index in [0.29, 0.717) is 0 Å². The number of hydrogen-bond acceptors (Lipinski definition) is 0. The van der Waals surface area contributed by atoms with Crippen molar-refractivity contribution in [1.29, 1.82) is 0 Å². The molecule has 2 aliphatic carbocycles. The largest absolute Gasteiger partial charge is 0.137 e. The van der Waals surface area contributed by atoms with Crippen molar-refractivity contribution in [1.82, 2.24) is 0 Å². The first-order valence-electron chi connectivity index (χ1n) is 5.67. The normalized spacial score (nSPS) is 21.8. The van der Waals surface area contributed by atoms with Crippen LogP contribution < -0.4 is 0 Å². The zero-order chi connectivity index (χ0) is 10.4. The van der Waals surface area contributed by atoms with Gasteiger partial charge >= 0.3 is 0 Å². The van der Waals surface area contributed by atoms with Gasteiger partial charge < -0.3 is 0 Å². The first-order chi connectivity index (χ1) is 6.61. The Morgan fingerprint density at radius 3 is 1.20 bits per heavy atom. The van der Waals surface area contributed by atoms with E-state index in [2.05, 4.69) is 47.8 Å². The molecule has 2 aliphatic rings. The van der Waals surface area contributed by atoms with Crippen LogP contribution in [0.3, 0.4) is 0 Å². The molecule has 0 aliphatic heterocycles. The molecule has 0 bridgehead atoms. The van der Waals surface area contributed by atoms with Gasteiger partial charge in [0.15, 0.2) is 0 Å². The molecular weight excluding hydrogens is 431 g/mol. The van der Waals surface area contributed by atoms with Gasteiger partial charge in [0.2, 0.25) is 0 Å².